The van der Waals surface area contributed by atoms with Crippen molar-refractivity contribution in [2.24, 2.45) is 28.6 Å². The number of carbonyl (C=O) groups is 2. The Kier molecular flexibility index (Phi) is 7.18. The minimum Gasteiger partial charge on any atom is -0.462 e. The molecule has 0 heterocycles. The van der Waals surface area contributed by atoms with Crippen LogP contribution in [0.4, 0.5) is 4.79 Å². The van der Waals surface area contributed by atoms with Crippen molar-refractivity contribution in [3.8, 4) is 0 Å². The average molecular weight is 359 g/mol. The fraction of sp³-hybridized carbons (Fsp3) is 0.550. The van der Waals surface area contributed by atoms with E-state index in [1.165, 1.54) is 6.42 Å². The molecule has 6 nitrogen and oxygen atoms in total. The summed E-state index contributed by atoms with van der Waals surface area (Å²) in [7, 11) is 0. The topological polar surface area (TPSA) is 93.8 Å². The van der Waals surface area contributed by atoms with E-state index in [1.54, 1.807) is 0 Å². The van der Waals surface area contributed by atoms with E-state index in [9.17, 15) is 9.59 Å². The number of urea groups is 1. The van der Waals surface area contributed by atoms with Gasteiger partial charge in [0, 0.05) is 0 Å². The standard InChI is InChI=1S/C20H29N3O3/c1-13(2)16-10-9-14(3)11-18(16)26-19(24)12-17(22-23-20(21)25)15-7-5-4-6-8-15/h4-8,13-14,16,18H,9-12H2,1-3H3,(H3,21,23,25)/b22-17+/t14-,16-,18+/m0/s1. The van der Waals surface area contributed by atoms with E-state index in [0.717, 1.165) is 18.4 Å². The number of esters is 1. The van der Waals surface area contributed by atoms with Crippen LogP contribution in [0.5, 0.6) is 0 Å². The average Bonchev–Trinajstić information content (AvgIpc) is 2.59. The van der Waals surface area contributed by atoms with E-state index >= 15 is 0 Å². The second-order valence-electron chi connectivity index (χ2n) is 7.43. The zero-order chi connectivity index (χ0) is 19.1. The molecule has 0 bridgehead atoms. The number of nitrogens with two attached hydrogens (primary N) is 1. The van der Waals surface area contributed by atoms with Gasteiger partial charge < -0.3 is 10.5 Å². The van der Waals surface area contributed by atoms with E-state index in [-0.39, 0.29) is 18.5 Å². The Labute approximate surface area is 155 Å². The van der Waals surface area contributed by atoms with Crippen molar-refractivity contribution >= 4 is 17.7 Å². The summed E-state index contributed by atoms with van der Waals surface area (Å²) in [4.78, 5) is 23.5. The highest BCUT2D eigenvalue weighted by Gasteiger charge is 2.33. The summed E-state index contributed by atoms with van der Waals surface area (Å²) in [6, 6.07) is 8.45. The van der Waals surface area contributed by atoms with Gasteiger partial charge in [0.05, 0.1) is 12.1 Å². The van der Waals surface area contributed by atoms with Crippen LogP contribution < -0.4 is 11.2 Å². The molecule has 0 aliphatic heterocycles. The van der Waals surface area contributed by atoms with Gasteiger partial charge in [0.15, 0.2) is 0 Å². The SMILES string of the molecule is CC(C)[C@@H]1CC[C@H](C)C[C@H]1OC(=O)C/C(=N\NC(N)=O)c1ccccc1. The Morgan fingerprint density at radius 2 is 1.96 bits per heavy atom. The molecule has 2 amide bonds. The van der Waals surface area contributed by atoms with Crippen molar-refractivity contribution in [3.05, 3.63) is 35.9 Å². The monoisotopic (exact) mass is 359 g/mol. The van der Waals surface area contributed by atoms with Crippen LogP contribution in [-0.4, -0.2) is 23.8 Å². The van der Waals surface area contributed by atoms with Crippen LogP contribution in [0.1, 0.15) is 52.0 Å². The Morgan fingerprint density at radius 3 is 2.58 bits per heavy atom. The maximum absolute atomic E-state index is 12.6. The number of hydrogen-bond donors (Lipinski definition) is 2. The first-order chi connectivity index (χ1) is 12.4. The summed E-state index contributed by atoms with van der Waals surface area (Å²) >= 11 is 0. The number of nitrogens with one attached hydrogen (secondary N) is 1. The summed E-state index contributed by atoms with van der Waals surface area (Å²) < 4.78 is 5.83. The molecule has 1 aliphatic rings. The third-order valence-corrected chi connectivity index (χ3v) is 4.96. The van der Waals surface area contributed by atoms with Crippen LogP contribution >= 0.6 is 0 Å². The third kappa shape index (κ3) is 5.86. The van der Waals surface area contributed by atoms with Crippen molar-refractivity contribution in [2.75, 3.05) is 0 Å². The van der Waals surface area contributed by atoms with Crippen molar-refractivity contribution in [1.82, 2.24) is 5.43 Å². The molecule has 1 aromatic rings. The normalized spacial score (nSPS) is 23.5. The van der Waals surface area contributed by atoms with Gasteiger partial charge in [-0.2, -0.15) is 5.10 Å². The van der Waals surface area contributed by atoms with Crippen LogP contribution in [0.2, 0.25) is 0 Å². The summed E-state index contributed by atoms with van der Waals surface area (Å²) in [6.07, 6.45) is 3.08. The van der Waals surface area contributed by atoms with E-state index in [0.29, 0.717) is 23.5 Å². The van der Waals surface area contributed by atoms with Gasteiger partial charge in [0.2, 0.25) is 0 Å². The quantitative estimate of drug-likeness (QED) is 0.463. The molecule has 1 aromatic carbocycles. The van der Waals surface area contributed by atoms with Gasteiger partial charge in [-0.05, 0) is 36.2 Å². The predicted octanol–water partition coefficient (Wildman–Crippen LogP) is 3.45. The van der Waals surface area contributed by atoms with Crippen LogP contribution in [0.3, 0.4) is 0 Å². The Morgan fingerprint density at radius 1 is 1.27 bits per heavy atom. The van der Waals surface area contributed by atoms with Crippen LogP contribution in [-0.2, 0) is 9.53 Å². The molecular weight excluding hydrogens is 330 g/mol. The van der Waals surface area contributed by atoms with Gasteiger partial charge in [-0.1, -0.05) is 57.5 Å². The maximum Gasteiger partial charge on any atom is 0.332 e. The molecule has 1 fully saturated rings. The molecule has 1 saturated carbocycles. The number of hydrazone groups is 1. The van der Waals surface area contributed by atoms with Crippen LogP contribution in [0.25, 0.3) is 0 Å². The summed E-state index contributed by atoms with van der Waals surface area (Å²) in [5.41, 5.74) is 8.47. The van der Waals surface area contributed by atoms with Gasteiger partial charge in [-0.3, -0.25) is 4.79 Å². The lowest BCUT2D eigenvalue weighted by Gasteiger charge is -2.36. The second kappa shape index (κ2) is 9.36. The lowest BCUT2D eigenvalue weighted by molar-refractivity contribution is -0.154. The molecule has 0 aromatic heterocycles. The van der Waals surface area contributed by atoms with E-state index in [2.05, 4.69) is 31.3 Å². The van der Waals surface area contributed by atoms with E-state index in [4.69, 9.17) is 10.5 Å². The fourth-order valence-corrected chi connectivity index (χ4v) is 3.56. The smallest absolute Gasteiger partial charge is 0.332 e. The van der Waals surface area contributed by atoms with E-state index in [1.807, 2.05) is 30.3 Å². The van der Waals surface area contributed by atoms with Gasteiger partial charge in [-0.15, -0.1) is 0 Å². The number of amides is 2. The Hall–Kier alpha value is -2.37. The van der Waals surface area contributed by atoms with Gasteiger partial charge in [0.1, 0.15) is 6.10 Å². The summed E-state index contributed by atoms with van der Waals surface area (Å²) in [5, 5.41) is 3.99. The first-order valence-corrected chi connectivity index (χ1v) is 9.23. The van der Waals surface area contributed by atoms with Crippen molar-refractivity contribution < 1.29 is 14.3 Å². The number of ether oxygens (including phenoxy) is 1. The molecule has 3 atom stereocenters. The highest BCUT2D eigenvalue weighted by molar-refractivity contribution is 6.09. The molecule has 0 radical (unpaired) electrons. The minimum atomic E-state index is -0.771. The fourth-order valence-electron chi connectivity index (χ4n) is 3.56. The van der Waals surface area contributed by atoms with Gasteiger partial charge >= 0.3 is 12.0 Å². The van der Waals surface area contributed by atoms with Gasteiger partial charge in [0.25, 0.3) is 0 Å². The highest BCUT2D eigenvalue weighted by atomic mass is 16.5. The number of nitrogens with zero attached hydrogens (tertiary/aromatic N) is 1. The zero-order valence-corrected chi connectivity index (χ0v) is 15.8. The zero-order valence-electron chi connectivity index (χ0n) is 15.8. The maximum atomic E-state index is 12.6. The molecule has 0 saturated heterocycles. The summed E-state index contributed by atoms with van der Waals surface area (Å²) in [6.45, 7) is 6.55. The molecular formula is C20H29N3O3. The minimum absolute atomic E-state index is 0.0139. The number of carbonyl (C=O) groups excluding carboxylic acids is 2. The number of benzene rings is 1. The second-order valence-corrected chi connectivity index (χ2v) is 7.43. The lowest BCUT2D eigenvalue weighted by Crippen LogP contribution is -2.36. The first kappa shape index (κ1) is 19.9. The highest BCUT2D eigenvalue weighted by Crippen LogP contribution is 2.35. The first-order valence-electron chi connectivity index (χ1n) is 9.23. The van der Waals surface area contributed by atoms with Gasteiger partial charge in [-0.25, -0.2) is 10.2 Å². The number of rotatable bonds is 6. The summed E-state index contributed by atoms with van der Waals surface area (Å²) in [5.74, 6) is 1.08. The van der Waals surface area contributed by atoms with Crippen LogP contribution in [0.15, 0.2) is 35.4 Å². The molecule has 3 N–H and O–H groups in total. The van der Waals surface area contributed by atoms with Crippen molar-refractivity contribution in [2.45, 2.75) is 52.6 Å². The molecule has 6 heteroatoms. The lowest BCUT2D eigenvalue weighted by atomic mass is 9.75. The number of hydrogen-bond acceptors (Lipinski definition) is 4. The molecule has 0 spiro atoms. The third-order valence-electron chi connectivity index (χ3n) is 4.96. The molecule has 0 unspecified atom stereocenters. The Balaban J connectivity index is 2.08. The van der Waals surface area contributed by atoms with Crippen molar-refractivity contribution in [3.63, 3.8) is 0 Å². The van der Waals surface area contributed by atoms with Crippen molar-refractivity contribution in [1.29, 1.82) is 0 Å². The Bertz CT molecular complexity index is 643. The largest absolute Gasteiger partial charge is 0.462 e. The van der Waals surface area contributed by atoms with E-state index < -0.39 is 6.03 Å². The van der Waals surface area contributed by atoms with Crippen LogP contribution in [0, 0.1) is 17.8 Å². The molecule has 2 rings (SSSR count). The molecule has 142 valence electrons. The number of primary amides is 1. The molecule has 26 heavy (non-hydrogen) atoms. The predicted molar refractivity (Wildman–Crippen MR) is 102 cm³/mol. The molecule has 1 aliphatic carbocycles.